The first-order chi connectivity index (χ1) is 13.3. The number of hydrogen-bond donors (Lipinski definition) is 3. The topological polar surface area (TPSA) is 78.4 Å². The van der Waals surface area contributed by atoms with Crippen LogP contribution in [0.3, 0.4) is 0 Å². The Balaban J connectivity index is 1.61. The molecule has 0 spiro atoms. The number of carbonyl (C=O) groups excluding carboxylic acids is 1. The van der Waals surface area contributed by atoms with Crippen LogP contribution in [0.2, 0.25) is 0 Å². The zero-order chi connectivity index (χ0) is 19.9. The van der Waals surface area contributed by atoms with Crippen LogP contribution >= 0.6 is 0 Å². The lowest BCUT2D eigenvalue weighted by Gasteiger charge is -2.41. The third-order valence-electron chi connectivity index (χ3n) is 6.00. The molecule has 146 valence electrons. The predicted octanol–water partition coefficient (Wildman–Crippen LogP) is 4.40. The summed E-state index contributed by atoms with van der Waals surface area (Å²) in [7, 11) is 0. The van der Waals surface area contributed by atoms with Crippen LogP contribution in [0.15, 0.2) is 42.5 Å². The Morgan fingerprint density at radius 3 is 2.57 bits per heavy atom. The summed E-state index contributed by atoms with van der Waals surface area (Å²) >= 11 is 0. The number of carboxylic acids is 1. The van der Waals surface area contributed by atoms with Gasteiger partial charge in [0, 0.05) is 17.3 Å². The maximum absolute atomic E-state index is 12.6. The van der Waals surface area contributed by atoms with Gasteiger partial charge in [0.05, 0.1) is 11.6 Å². The van der Waals surface area contributed by atoms with E-state index in [1.54, 1.807) is 12.1 Å². The summed E-state index contributed by atoms with van der Waals surface area (Å²) in [6, 6.07) is 13.4. The quantitative estimate of drug-likeness (QED) is 0.737. The van der Waals surface area contributed by atoms with E-state index in [0.717, 1.165) is 36.1 Å². The van der Waals surface area contributed by atoms with Crippen LogP contribution in [0.4, 0.5) is 5.69 Å². The van der Waals surface area contributed by atoms with Gasteiger partial charge in [-0.05, 0) is 72.6 Å². The van der Waals surface area contributed by atoms with Crippen molar-refractivity contribution < 1.29 is 14.7 Å². The Labute approximate surface area is 165 Å². The van der Waals surface area contributed by atoms with E-state index in [1.165, 1.54) is 6.42 Å². The second-order valence-electron chi connectivity index (χ2n) is 8.65. The molecule has 5 nitrogen and oxygen atoms in total. The summed E-state index contributed by atoms with van der Waals surface area (Å²) in [6.45, 7) is 4.34. The van der Waals surface area contributed by atoms with Crippen LogP contribution in [-0.2, 0) is 6.42 Å². The van der Waals surface area contributed by atoms with Crippen LogP contribution in [0.25, 0.3) is 0 Å². The SMILES string of the molecule is CC1(C)Cc2cc(C(=O)O)ccc2NC1c1cccc(C(=O)NC2CCC2)c1. The Hall–Kier alpha value is -2.82. The second kappa shape index (κ2) is 6.97. The lowest BCUT2D eigenvalue weighted by atomic mass is 9.72. The van der Waals surface area contributed by atoms with E-state index in [9.17, 15) is 14.7 Å². The number of nitrogens with one attached hydrogen (secondary N) is 2. The lowest BCUT2D eigenvalue weighted by molar-refractivity contribution is 0.0696. The van der Waals surface area contributed by atoms with Gasteiger partial charge < -0.3 is 15.7 Å². The van der Waals surface area contributed by atoms with Crippen molar-refractivity contribution in [3.05, 3.63) is 64.7 Å². The molecule has 28 heavy (non-hydrogen) atoms. The number of aromatic carboxylic acids is 1. The summed E-state index contributed by atoms with van der Waals surface area (Å²) < 4.78 is 0. The first-order valence-corrected chi connectivity index (χ1v) is 9.87. The van der Waals surface area contributed by atoms with Gasteiger partial charge in [0.25, 0.3) is 5.91 Å². The fourth-order valence-electron chi connectivity index (χ4n) is 4.17. The highest BCUT2D eigenvalue weighted by Crippen LogP contribution is 2.45. The fraction of sp³-hybridized carbons (Fsp3) is 0.391. The molecule has 1 saturated carbocycles. The summed E-state index contributed by atoms with van der Waals surface area (Å²) in [5.41, 5.74) is 3.91. The van der Waals surface area contributed by atoms with Gasteiger partial charge in [0.15, 0.2) is 0 Å². The number of anilines is 1. The molecule has 2 aromatic carbocycles. The lowest BCUT2D eigenvalue weighted by Crippen LogP contribution is -2.39. The van der Waals surface area contributed by atoms with E-state index < -0.39 is 5.97 Å². The van der Waals surface area contributed by atoms with Gasteiger partial charge in [0.1, 0.15) is 0 Å². The van der Waals surface area contributed by atoms with Gasteiger partial charge in [-0.15, -0.1) is 0 Å². The van der Waals surface area contributed by atoms with Crippen molar-refractivity contribution in [1.29, 1.82) is 0 Å². The van der Waals surface area contributed by atoms with Crippen LogP contribution < -0.4 is 10.6 Å². The predicted molar refractivity (Wildman–Crippen MR) is 109 cm³/mol. The number of amides is 1. The van der Waals surface area contributed by atoms with Gasteiger partial charge in [0.2, 0.25) is 0 Å². The Kier molecular flexibility index (Phi) is 4.61. The molecule has 0 bridgehead atoms. The third-order valence-corrected chi connectivity index (χ3v) is 6.00. The molecule has 0 saturated heterocycles. The molecule has 1 heterocycles. The molecule has 4 rings (SSSR count). The van der Waals surface area contributed by atoms with Crippen molar-refractivity contribution in [2.45, 2.75) is 51.6 Å². The average Bonchev–Trinajstić information content (AvgIpc) is 2.62. The van der Waals surface area contributed by atoms with E-state index >= 15 is 0 Å². The molecule has 1 fully saturated rings. The zero-order valence-electron chi connectivity index (χ0n) is 16.3. The largest absolute Gasteiger partial charge is 0.478 e. The molecule has 1 unspecified atom stereocenters. The number of hydrogen-bond acceptors (Lipinski definition) is 3. The Bertz CT molecular complexity index is 931. The monoisotopic (exact) mass is 378 g/mol. The molecule has 3 N–H and O–H groups in total. The molecule has 2 aliphatic rings. The maximum Gasteiger partial charge on any atom is 0.335 e. The molecule has 1 amide bonds. The number of fused-ring (bicyclic) bond motifs is 1. The molecular weight excluding hydrogens is 352 g/mol. The van der Waals surface area contributed by atoms with Crippen LogP contribution in [0.5, 0.6) is 0 Å². The first kappa shape index (κ1) is 18.5. The van der Waals surface area contributed by atoms with E-state index in [0.29, 0.717) is 17.2 Å². The minimum atomic E-state index is -0.909. The highest BCUT2D eigenvalue weighted by atomic mass is 16.4. The molecule has 1 aliphatic carbocycles. The van der Waals surface area contributed by atoms with Crippen LogP contribution in [0.1, 0.15) is 71.0 Å². The molecule has 2 aromatic rings. The summed E-state index contributed by atoms with van der Waals surface area (Å²) in [4.78, 5) is 23.8. The molecule has 0 aromatic heterocycles. The number of carboxylic acid groups (broad SMARTS) is 1. The van der Waals surface area contributed by atoms with Gasteiger partial charge in [-0.2, -0.15) is 0 Å². The van der Waals surface area contributed by atoms with Crippen molar-refractivity contribution in [2.75, 3.05) is 5.32 Å². The standard InChI is InChI=1S/C23H26N2O3/c1-23(2)13-17-12-16(22(27)28)9-10-19(17)25-20(23)14-5-3-6-15(11-14)21(26)24-18-7-4-8-18/h3,5-6,9-12,18,20,25H,4,7-8,13H2,1-2H3,(H,24,26)(H,27,28). The highest BCUT2D eigenvalue weighted by molar-refractivity contribution is 5.94. The van der Waals surface area contributed by atoms with Gasteiger partial charge in [-0.25, -0.2) is 4.79 Å². The number of benzene rings is 2. The Morgan fingerprint density at radius 2 is 1.89 bits per heavy atom. The van der Waals surface area contributed by atoms with Crippen LogP contribution in [-0.4, -0.2) is 23.0 Å². The van der Waals surface area contributed by atoms with Crippen molar-refractivity contribution >= 4 is 17.6 Å². The molecule has 1 atom stereocenters. The van der Waals surface area contributed by atoms with Gasteiger partial charge in [-0.1, -0.05) is 26.0 Å². The molecule has 1 aliphatic heterocycles. The molecule has 0 radical (unpaired) electrons. The van der Waals surface area contributed by atoms with Crippen molar-refractivity contribution in [1.82, 2.24) is 5.32 Å². The summed E-state index contributed by atoms with van der Waals surface area (Å²) in [5.74, 6) is -0.917. The van der Waals surface area contributed by atoms with E-state index in [-0.39, 0.29) is 17.4 Å². The first-order valence-electron chi connectivity index (χ1n) is 9.87. The normalized spacial score (nSPS) is 20.4. The smallest absolute Gasteiger partial charge is 0.335 e. The minimum Gasteiger partial charge on any atom is -0.478 e. The third kappa shape index (κ3) is 3.49. The minimum absolute atomic E-state index is 0.00772. The molecular formula is C23H26N2O3. The fourth-order valence-corrected chi connectivity index (χ4v) is 4.17. The molecule has 5 heteroatoms. The summed E-state index contributed by atoms with van der Waals surface area (Å²) in [5, 5.41) is 15.9. The van der Waals surface area contributed by atoms with Crippen molar-refractivity contribution in [3.63, 3.8) is 0 Å². The summed E-state index contributed by atoms with van der Waals surface area (Å²) in [6.07, 6.45) is 4.09. The van der Waals surface area contributed by atoms with E-state index in [4.69, 9.17) is 0 Å². The average molecular weight is 378 g/mol. The zero-order valence-corrected chi connectivity index (χ0v) is 16.3. The number of carbonyl (C=O) groups is 2. The van der Waals surface area contributed by atoms with Gasteiger partial charge >= 0.3 is 5.97 Å². The van der Waals surface area contributed by atoms with Crippen molar-refractivity contribution in [3.8, 4) is 0 Å². The van der Waals surface area contributed by atoms with E-state index in [1.807, 2.05) is 24.3 Å². The highest BCUT2D eigenvalue weighted by Gasteiger charge is 2.36. The van der Waals surface area contributed by atoms with Crippen molar-refractivity contribution in [2.24, 2.45) is 5.41 Å². The van der Waals surface area contributed by atoms with Crippen LogP contribution in [0, 0.1) is 5.41 Å². The maximum atomic E-state index is 12.6. The van der Waals surface area contributed by atoms with Gasteiger partial charge in [-0.3, -0.25) is 4.79 Å². The number of rotatable bonds is 4. The second-order valence-corrected chi connectivity index (χ2v) is 8.65. The van der Waals surface area contributed by atoms with E-state index in [2.05, 4.69) is 30.5 Å². The Morgan fingerprint density at radius 1 is 1.11 bits per heavy atom.